The number of anilines is 1. The van der Waals surface area contributed by atoms with Crippen molar-refractivity contribution in [2.24, 2.45) is 0 Å². The lowest BCUT2D eigenvalue weighted by Crippen LogP contribution is -2.07. The molecule has 0 bridgehead atoms. The van der Waals surface area contributed by atoms with Gasteiger partial charge in [-0.25, -0.2) is 8.78 Å². The Morgan fingerprint density at radius 2 is 1.67 bits per heavy atom. The van der Waals surface area contributed by atoms with Crippen molar-refractivity contribution in [3.8, 4) is 0 Å². The lowest BCUT2D eigenvalue weighted by Gasteiger charge is -2.16. The molecule has 94 valence electrons. The first-order valence-corrected chi connectivity index (χ1v) is 5.84. The molecule has 18 heavy (non-hydrogen) atoms. The average Bonchev–Trinajstić information content (AvgIpc) is 2.27. The molecule has 0 aliphatic heterocycles. The molecule has 0 aliphatic rings. The average molecular weight is 247 g/mol. The summed E-state index contributed by atoms with van der Waals surface area (Å²) in [5.41, 5.74) is 2.69. The van der Waals surface area contributed by atoms with Gasteiger partial charge in [-0.2, -0.15) is 0 Å². The van der Waals surface area contributed by atoms with Crippen molar-refractivity contribution in [2.75, 3.05) is 5.32 Å². The number of rotatable bonds is 3. The van der Waals surface area contributed by atoms with E-state index in [4.69, 9.17) is 0 Å². The van der Waals surface area contributed by atoms with Crippen LogP contribution in [0.2, 0.25) is 0 Å². The first-order chi connectivity index (χ1) is 8.54. The van der Waals surface area contributed by atoms with E-state index in [9.17, 15) is 8.78 Å². The monoisotopic (exact) mass is 247 g/mol. The minimum atomic E-state index is -0.575. The van der Waals surface area contributed by atoms with Gasteiger partial charge in [-0.3, -0.25) is 0 Å². The highest BCUT2D eigenvalue weighted by molar-refractivity contribution is 5.46. The topological polar surface area (TPSA) is 12.0 Å². The van der Waals surface area contributed by atoms with E-state index >= 15 is 0 Å². The van der Waals surface area contributed by atoms with Gasteiger partial charge in [0.2, 0.25) is 0 Å². The molecular weight excluding hydrogens is 232 g/mol. The van der Waals surface area contributed by atoms with Gasteiger partial charge in [0, 0.05) is 17.8 Å². The summed E-state index contributed by atoms with van der Waals surface area (Å²) in [5.74, 6) is -1.15. The highest BCUT2D eigenvalue weighted by atomic mass is 19.1. The van der Waals surface area contributed by atoms with Gasteiger partial charge in [-0.1, -0.05) is 29.8 Å². The van der Waals surface area contributed by atoms with E-state index in [0.717, 1.165) is 17.2 Å². The smallest absolute Gasteiger partial charge is 0.128 e. The van der Waals surface area contributed by atoms with Gasteiger partial charge in [-0.15, -0.1) is 0 Å². The molecule has 2 aromatic rings. The molecule has 0 saturated carbocycles. The minimum absolute atomic E-state index is 0.00824. The molecule has 3 heteroatoms. The molecule has 0 aromatic heterocycles. The normalized spacial score (nSPS) is 12.2. The summed E-state index contributed by atoms with van der Waals surface area (Å²) in [6, 6.07) is 11.4. The van der Waals surface area contributed by atoms with Gasteiger partial charge >= 0.3 is 0 Å². The number of hydrogen-bond acceptors (Lipinski definition) is 1. The first-order valence-electron chi connectivity index (χ1n) is 5.84. The molecule has 0 aliphatic carbocycles. The Kier molecular flexibility index (Phi) is 3.60. The lowest BCUT2D eigenvalue weighted by molar-refractivity contribution is 0.583. The SMILES string of the molecule is Cc1cccc(C(C)Nc2cc(F)cc(F)c2)c1. The van der Waals surface area contributed by atoms with Crippen molar-refractivity contribution in [2.45, 2.75) is 19.9 Å². The quantitative estimate of drug-likeness (QED) is 0.845. The van der Waals surface area contributed by atoms with E-state index in [-0.39, 0.29) is 6.04 Å². The van der Waals surface area contributed by atoms with Crippen LogP contribution in [0.25, 0.3) is 0 Å². The molecule has 0 saturated heterocycles. The molecule has 0 spiro atoms. The van der Waals surface area contributed by atoms with E-state index < -0.39 is 11.6 Å². The summed E-state index contributed by atoms with van der Waals surface area (Å²) >= 11 is 0. The Labute approximate surface area is 105 Å². The zero-order chi connectivity index (χ0) is 13.1. The molecule has 0 radical (unpaired) electrons. The van der Waals surface area contributed by atoms with Gasteiger partial charge < -0.3 is 5.32 Å². The van der Waals surface area contributed by atoms with Crippen molar-refractivity contribution in [3.05, 3.63) is 65.2 Å². The van der Waals surface area contributed by atoms with Gasteiger partial charge in [0.15, 0.2) is 0 Å². The molecule has 1 nitrogen and oxygen atoms in total. The first kappa shape index (κ1) is 12.6. The minimum Gasteiger partial charge on any atom is -0.378 e. The standard InChI is InChI=1S/C15H15F2N/c1-10-4-3-5-12(6-10)11(2)18-15-8-13(16)7-14(17)9-15/h3-9,11,18H,1-2H3. The second-order valence-electron chi connectivity index (χ2n) is 4.44. The van der Waals surface area contributed by atoms with Crippen LogP contribution in [-0.2, 0) is 0 Å². The van der Waals surface area contributed by atoms with Gasteiger partial charge in [0.25, 0.3) is 0 Å². The summed E-state index contributed by atoms with van der Waals surface area (Å²) in [6.07, 6.45) is 0. The van der Waals surface area contributed by atoms with E-state index in [0.29, 0.717) is 5.69 Å². The van der Waals surface area contributed by atoms with Crippen molar-refractivity contribution in [1.82, 2.24) is 0 Å². The third-order valence-corrected chi connectivity index (χ3v) is 2.79. The summed E-state index contributed by atoms with van der Waals surface area (Å²) in [4.78, 5) is 0. The molecule has 1 atom stereocenters. The van der Waals surface area contributed by atoms with Gasteiger partial charge in [0.1, 0.15) is 11.6 Å². The van der Waals surface area contributed by atoms with Crippen LogP contribution in [0.4, 0.5) is 14.5 Å². The second-order valence-corrected chi connectivity index (χ2v) is 4.44. The summed E-state index contributed by atoms with van der Waals surface area (Å²) < 4.78 is 26.1. The number of hydrogen-bond donors (Lipinski definition) is 1. The fraction of sp³-hybridized carbons (Fsp3) is 0.200. The summed E-state index contributed by atoms with van der Waals surface area (Å²) in [7, 11) is 0. The fourth-order valence-corrected chi connectivity index (χ4v) is 1.91. The van der Waals surface area contributed by atoms with Gasteiger partial charge in [-0.05, 0) is 31.5 Å². The number of aryl methyl sites for hydroxylation is 1. The lowest BCUT2D eigenvalue weighted by atomic mass is 10.1. The Balaban J connectivity index is 2.18. The molecule has 0 fully saturated rings. The van der Waals surface area contributed by atoms with Crippen LogP contribution in [0.5, 0.6) is 0 Å². The Morgan fingerprint density at radius 1 is 1.00 bits per heavy atom. The molecule has 0 heterocycles. The van der Waals surface area contributed by atoms with Crippen LogP contribution in [-0.4, -0.2) is 0 Å². The second kappa shape index (κ2) is 5.17. The Bertz CT molecular complexity index is 532. The third-order valence-electron chi connectivity index (χ3n) is 2.79. The number of nitrogens with one attached hydrogen (secondary N) is 1. The molecule has 2 aromatic carbocycles. The van der Waals surface area contributed by atoms with Crippen molar-refractivity contribution >= 4 is 5.69 Å². The van der Waals surface area contributed by atoms with Crippen LogP contribution in [0.1, 0.15) is 24.1 Å². The molecule has 1 N–H and O–H groups in total. The Hall–Kier alpha value is -1.90. The number of benzene rings is 2. The van der Waals surface area contributed by atoms with Crippen LogP contribution in [0, 0.1) is 18.6 Å². The molecule has 1 unspecified atom stereocenters. The van der Waals surface area contributed by atoms with E-state index in [2.05, 4.69) is 5.32 Å². The largest absolute Gasteiger partial charge is 0.378 e. The Morgan fingerprint density at radius 3 is 2.28 bits per heavy atom. The highest BCUT2D eigenvalue weighted by Gasteiger charge is 2.07. The van der Waals surface area contributed by atoms with E-state index in [1.165, 1.54) is 12.1 Å². The van der Waals surface area contributed by atoms with E-state index in [1.807, 2.05) is 38.1 Å². The highest BCUT2D eigenvalue weighted by Crippen LogP contribution is 2.21. The fourth-order valence-electron chi connectivity index (χ4n) is 1.91. The predicted molar refractivity (Wildman–Crippen MR) is 69.6 cm³/mol. The maximum Gasteiger partial charge on any atom is 0.128 e. The van der Waals surface area contributed by atoms with Crippen LogP contribution in [0.15, 0.2) is 42.5 Å². The maximum atomic E-state index is 13.1. The van der Waals surface area contributed by atoms with Crippen LogP contribution >= 0.6 is 0 Å². The van der Waals surface area contributed by atoms with Crippen LogP contribution < -0.4 is 5.32 Å². The zero-order valence-corrected chi connectivity index (χ0v) is 10.4. The molecule has 0 amide bonds. The third kappa shape index (κ3) is 3.06. The summed E-state index contributed by atoms with van der Waals surface area (Å²) in [5, 5.41) is 3.09. The van der Waals surface area contributed by atoms with Gasteiger partial charge in [0.05, 0.1) is 0 Å². The van der Waals surface area contributed by atoms with Crippen LogP contribution in [0.3, 0.4) is 0 Å². The van der Waals surface area contributed by atoms with E-state index in [1.54, 1.807) is 0 Å². The molecular formula is C15H15F2N. The molecule has 2 rings (SSSR count). The van der Waals surface area contributed by atoms with Crippen molar-refractivity contribution in [1.29, 1.82) is 0 Å². The van der Waals surface area contributed by atoms with Crippen molar-refractivity contribution < 1.29 is 8.78 Å². The maximum absolute atomic E-state index is 13.1. The van der Waals surface area contributed by atoms with Crippen molar-refractivity contribution in [3.63, 3.8) is 0 Å². The summed E-state index contributed by atoms with van der Waals surface area (Å²) in [6.45, 7) is 3.97. The number of halogens is 2. The predicted octanol–water partition coefficient (Wildman–Crippen LogP) is 4.45. The zero-order valence-electron chi connectivity index (χ0n) is 10.4.